The molecule has 0 saturated heterocycles. The maximum atomic E-state index is 14.7. The number of ketones is 1. The first-order valence-electron chi connectivity index (χ1n) is 12.2. The summed E-state index contributed by atoms with van der Waals surface area (Å²) in [6.45, 7) is 2.11. The van der Waals surface area contributed by atoms with Crippen LogP contribution in [-0.4, -0.2) is 36.8 Å². The highest BCUT2D eigenvalue weighted by Crippen LogP contribution is 2.42. The van der Waals surface area contributed by atoms with Crippen LogP contribution in [0.1, 0.15) is 53.3 Å². The van der Waals surface area contributed by atoms with Crippen LogP contribution in [0.2, 0.25) is 0 Å². The normalized spacial score (nSPS) is 21.4. The first kappa shape index (κ1) is 25.5. The number of benzene rings is 1. The minimum absolute atomic E-state index is 0.00100. The highest BCUT2D eigenvalue weighted by Gasteiger charge is 2.36. The Hall–Kier alpha value is -4.12. The third-order valence-corrected chi connectivity index (χ3v) is 7.18. The molecule has 0 aliphatic heterocycles. The van der Waals surface area contributed by atoms with Crippen LogP contribution in [0.15, 0.2) is 55.1 Å². The molecule has 4 aromatic rings. The molecule has 1 aliphatic rings. The maximum absolute atomic E-state index is 14.7. The van der Waals surface area contributed by atoms with Crippen molar-refractivity contribution in [1.29, 1.82) is 0 Å². The van der Waals surface area contributed by atoms with Gasteiger partial charge in [-0.05, 0) is 54.0 Å². The summed E-state index contributed by atoms with van der Waals surface area (Å²) in [5.41, 5.74) is 12.3. The van der Waals surface area contributed by atoms with E-state index in [4.69, 9.17) is 11.5 Å². The molecule has 11 heteroatoms. The molecular formula is C27H26F3N7O. The van der Waals surface area contributed by atoms with E-state index in [9.17, 15) is 18.0 Å². The van der Waals surface area contributed by atoms with Crippen molar-refractivity contribution in [3.63, 3.8) is 0 Å². The highest BCUT2D eigenvalue weighted by atomic mass is 19.1. The number of nitrogens with two attached hydrogens (primary N) is 2. The van der Waals surface area contributed by atoms with Crippen molar-refractivity contribution in [2.75, 3.05) is 5.73 Å². The quantitative estimate of drug-likeness (QED) is 0.364. The Balaban J connectivity index is 1.43. The summed E-state index contributed by atoms with van der Waals surface area (Å²) in [6.07, 6.45) is 8.03. The molecule has 1 saturated carbocycles. The largest absolute Gasteiger partial charge is 0.397 e. The molecule has 1 fully saturated rings. The average Bonchev–Trinajstić information content (AvgIpc) is 3.39. The fourth-order valence-corrected chi connectivity index (χ4v) is 5.53. The van der Waals surface area contributed by atoms with Crippen LogP contribution >= 0.6 is 0 Å². The zero-order chi connectivity index (χ0) is 27.0. The van der Waals surface area contributed by atoms with Gasteiger partial charge in [-0.2, -0.15) is 0 Å². The van der Waals surface area contributed by atoms with Crippen LogP contribution in [0.25, 0.3) is 11.3 Å². The van der Waals surface area contributed by atoms with E-state index in [1.54, 1.807) is 29.5 Å². The molecule has 5 rings (SSSR count). The zero-order valence-corrected chi connectivity index (χ0v) is 20.6. The van der Waals surface area contributed by atoms with E-state index in [0.717, 1.165) is 36.2 Å². The first-order valence-corrected chi connectivity index (χ1v) is 12.2. The molecule has 3 aromatic heterocycles. The number of anilines is 1. The topological polar surface area (TPSA) is 126 Å². The van der Waals surface area contributed by atoms with E-state index in [2.05, 4.69) is 27.2 Å². The lowest BCUT2D eigenvalue weighted by atomic mass is 9.72. The molecule has 196 valence electrons. The number of aromatic nitrogens is 5. The molecule has 0 spiro atoms. The second-order valence-corrected chi connectivity index (χ2v) is 9.71. The van der Waals surface area contributed by atoms with Crippen LogP contribution < -0.4 is 11.5 Å². The lowest BCUT2D eigenvalue weighted by Gasteiger charge is -2.39. The number of Topliss-reactive ketones (excluding diaryl/α,β-unsaturated/α-hetero) is 1. The summed E-state index contributed by atoms with van der Waals surface area (Å²) in [4.78, 5) is 21.5. The van der Waals surface area contributed by atoms with Crippen molar-refractivity contribution in [1.82, 2.24) is 25.0 Å². The predicted molar refractivity (Wildman–Crippen MR) is 134 cm³/mol. The number of hydrogen-bond acceptors (Lipinski definition) is 7. The van der Waals surface area contributed by atoms with Crippen molar-refractivity contribution in [3.8, 4) is 11.3 Å². The second-order valence-electron chi connectivity index (χ2n) is 9.71. The summed E-state index contributed by atoms with van der Waals surface area (Å²) in [7, 11) is 0. The van der Waals surface area contributed by atoms with Crippen LogP contribution in [-0.2, 0) is 6.42 Å². The maximum Gasteiger partial charge on any atom is 0.187 e. The number of carbonyl (C=O) groups is 1. The molecule has 4 N–H and O–H groups in total. The number of nitrogen functional groups attached to an aromatic ring is 1. The number of pyridine rings is 2. The molecule has 8 nitrogen and oxygen atoms in total. The van der Waals surface area contributed by atoms with Crippen LogP contribution in [0, 0.1) is 23.4 Å². The van der Waals surface area contributed by atoms with Gasteiger partial charge in [-0.15, -0.1) is 5.10 Å². The molecule has 0 radical (unpaired) electrons. The molecule has 38 heavy (non-hydrogen) atoms. The molecule has 1 aromatic carbocycles. The Morgan fingerprint density at radius 2 is 1.87 bits per heavy atom. The lowest BCUT2D eigenvalue weighted by molar-refractivity contribution is 0.0988. The van der Waals surface area contributed by atoms with Crippen molar-refractivity contribution in [3.05, 3.63) is 89.4 Å². The number of rotatable bonds is 6. The lowest BCUT2D eigenvalue weighted by Crippen LogP contribution is -2.42. The minimum Gasteiger partial charge on any atom is -0.397 e. The molecule has 4 atom stereocenters. The van der Waals surface area contributed by atoms with Gasteiger partial charge in [-0.25, -0.2) is 22.8 Å². The Kier molecular flexibility index (Phi) is 6.94. The Morgan fingerprint density at radius 1 is 1.11 bits per heavy atom. The van der Waals surface area contributed by atoms with Gasteiger partial charge < -0.3 is 11.5 Å². The predicted octanol–water partition coefficient (Wildman–Crippen LogP) is 4.24. The SMILES string of the molecule is C[C@H]1C[C@@H](c2ccncc2CC(=O)c2nc(-c3c(F)cccc3F)c(F)cc2N)C[C@@H](N)[C@H]1n1ccnn1. The fraction of sp³-hybridized carbons (Fsp3) is 0.296. The molecular weight excluding hydrogens is 495 g/mol. The van der Waals surface area contributed by atoms with Gasteiger partial charge in [0, 0.05) is 37.1 Å². The van der Waals surface area contributed by atoms with Crippen molar-refractivity contribution < 1.29 is 18.0 Å². The zero-order valence-electron chi connectivity index (χ0n) is 20.6. The highest BCUT2D eigenvalue weighted by molar-refractivity contribution is 6.00. The van der Waals surface area contributed by atoms with Crippen LogP contribution in [0.4, 0.5) is 18.9 Å². The van der Waals surface area contributed by atoms with E-state index >= 15 is 0 Å². The third-order valence-electron chi connectivity index (χ3n) is 7.18. The summed E-state index contributed by atoms with van der Waals surface area (Å²) in [5.74, 6) is -3.30. The van der Waals surface area contributed by atoms with E-state index in [1.165, 1.54) is 0 Å². The average molecular weight is 522 g/mol. The molecule has 0 amide bonds. The second kappa shape index (κ2) is 10.3. The number of halogens is 3. The minimum atomic E-state index is -1.03. The summed E-state index contributed by atoms with van der Waals surface area (Å²) in [6, 6.07) is 5.68. The number of hydrogen-bond donors (Lipinski definition) is 2. The Bertz CT molecular complexity index is 1450. The van der Waals surface area contributed by atoms with E-state index in [-0.39, 0.29) is 41.7 Å². The third kappa shape index (κ3) is 4.76. The molecule has 0 unspecified atom stereocenters. The molecule has 1 aliphatic carbocycles. The molecule has 0 bridgehead atoms. The van der Waals surface area contributed by atoms with Gasteiger partial charge >= 0.3 is 0 Å². The molecule has 3 heterocycles. The van der Waals surface area contributed by atoms with Gasteiger partial charge in [0.25, 0.3) is 0 Å². The van der Waals surface area contributed by atoms with Crippen molar-refractivity contribution >= 4 is 11.5 Å². The standard InChI is InChI=1S/C27H26F3N7O/c1-14-9-15(10-22(32)27(14)37-8-7-34-36-37)17-5-6-33-13-16(17)11-23(38)26-21(31)12-20(30)25(35-26)24-18(28)3-2-4-19(24)29/h2-8,12-15,22,27H,9-11,31-32H2,1H3/t14-,15+,22+,27-/m0/s1. The Morgan fingerprint density at radius 3 is 2.55 bits per heavy atom. The van der Waals surface area contributed by atoms with Gasteiger partial charge in [0.05, 0.1) is 23.5 Å². The first-order chi connectivity index (χ1) is 18.2. The van der Waals surface area contributed by atoms with Gasteiger partial charge in [-0.1, -0.05) is 18.2 Å². The summed E-state index contributed by atoms with van der Waals surface area (Å²) < 4.78 is 45.1. The van der Waals surface area contributed by atoms with Gasteiger partial charge in [-0.3, -0.25) is 9.78 Å². The summed E-state index contributed by atoms with van der Waals surface area (Å²) in [5, 5.41) is 8.02. The number of nitrogens with zero attached hydrogens (tertiary/aromatic N) is 5. The van der Waals surface area contributed by atoms with E-state index in [0.29, 0.717) is 12.0 Å². The fourth-order valence-electron chi connectivity index (χ4n) is 5.53. The number of carbonyl (C=O) groups excluding carboxylic acids is 1. The van der Waals surface area contributed by atoms with Crippen molar-refractivity contribution in [2.24, 2.45) is 11.7 Å². The van der Waals surface area contributed by atoms with Crippen molar-refractivity contribution in [2.45, 2.75) is 44.2 Å². The van der Waals surface area contributed by atoms with E-state index < -0.39 is 34.5 Å². The van der Waals surface area contributed by atoms with Crippen LogP contribution in [0.3, 0.4) is 0 Å². The van der Waals surface area contributed by atoms with Gasteiger partial charge in [0.1, 0.15) is 23.0 Å². The smallest absolute Gasteiger partial charge is 0.187 e. The van der Waals surface area contributed by atoms with Crippen LogP contribution in [0.5, 0.6) is 0 Å². The van der Waals surface area contributed by atoms with Gasteiger partial charge in [0.15, 0.2) is 11.6 Å². The Labute approximate surface area is 216 Å². The van der Waals surface area contributed by atoms with E-state index in [1.807, 2.05) is 6.07 Å². The monoisotopic (exact) mass is 521 g/mol. The van der Waals surface area contributed by atoms with Gasteiger partial charge in [0.2, 0.25) is 0 Å². The summed E-state index contributed by atoms with van der Waals surface area (Å²) >= 11 is 0.